The van der Waals surface area contributed by atoms with Crippen LogP contribution in [-0.4, -0.2) is 24.3 Å². The van der Waals surface area contributed by atoms with Crippen molar-refractivity contribution < 1.29 is 4.74 Å². The normalized spacial score (nSPS) is 29.3. The molecule has 1 aliphatic heterocycles. The van der Waals surface area contributed by atoms with Gasteiger partial charge in [0, 0.05) is 12.0 Å². The molecular weight excluding hydrogens is 210 g/mol. The van der Waals surface area contributed by atoms with Gasteiger partial charge in [-0.3, -0.25) is 0 Å². The molecule has 0 aromatic carbocycles. The van der Waals surface area contributed by atoms with Crippen molar-refractivity contribution >= 4 is 0 Å². The Bertz CT molecular complexity index is 268. The summed E-state index contributed by atoms with van der Waals surface area (Å²) in [6, 6.07) is 0.504. The summed E-state index contributed by atoms with van der Waals surface area (Å²) < 4.78 is 6.23. The van der Waals surface area contributed by atoms with Gasteiger partial charge >= 0.3 is 0 Å². The first kappa shape index (κ1) is 15.0. The van der Waals surface area contributed by atoms with E-state index < -0.39 is 0 Å². The molecule has 0 bridgehead atoms. The molecule has 2 nitrogen and oxygen atoms in total. The molecule has 0 aliphatic carbocycles. The molecule has 1 heterocycles. The van der Waals surface area contributed by atoms with E-state index in [1.165, 1.54) is 6.42 Å². The largest absolute Gasteiger partial charge is 0.369 e. The molecular formula is C15H31NO. The Balaban J connectivity index is 2.98. The van der Waals surface area contributed by atoms with Crippen LogP contribution in [0, 0.1) is 11.3 Å². The molecule has 0 spiro atoms. The third kappa shape index (κ3) is 3.03. The predicted molar refractivity (Wildman–Crippen MR) is 74.3 cm³/mol. The fourth-order valence-corrected chi connectivity index (χ4v) is 3.48. The summed E-state index contributed by atoms with van der Waals surface area (Å²) in [5.41, 5.74) is 0.275. The monoisotopic (exact) mass is 241 g/mol. The molecule has 1 N–H and O–H groups in total. The van der Waals surface area contributed by atoms with Crippen molar-refractivity contribution in [1.82, 2.24) is 5.32 Å². The number of nitrogens with one attached hydrogen (secondary N) is 1. The van der Waals surface area contributed by atoms with Gasteiger partial charge in [-0.2, -0.15) is 0 Å². The summed E-state index contributed by atoms with van der Waals surface area (Å²) in [7, 11) is 2.09. The highest BCUT2D eigenvalue weighted by atomic mass is 16.5. The highest BCUT2D eigenvalue weighted by Gasteiger charge is 2.51. The zero-order chi connectivity index (χ0) is 13.5. The van der Waals surface area contributed by atoms with Gasteiger partial charge in [-0.25, -0.2) is 0 Å². The summed E-state index contributed by atoms with van der Waals surface area (Å²) in [4.78, 5) is 0. The van der Waals surface area contributed by atoms with E-state index in [-0.39, 0.29) is 11.2 Å². The molecule has 2 atom stereocenters. The van der Waals surface area contributed by atoms with Crippen LogP contribution in [0.4, 0.5) is 0 Å². The number of ether oxygens (including phenoxy) is 1. The van der Waals surface area contributed by atoms with Gasteiger partial charge < -0.3 is 10.1 Å². The third-order valence-electron chi connectivity index (χ3n) is 4.61. The molecule has 1 rings (SSSR count). The van der Waals surface area contributed by atoms with Gasteiger partial charge in [0.25, 0.3) is 0 Å². The molecule has 0 aromatic heterocycles. The van der Waals surface area contributed by atoms with Crippen LogP contribution < -0.4 is 5.32 Å². The predicted octanol–water partition coefficient (Wildman–Crippen LogP) is 3.60. The Kier molecular flexibility index (Phi) is 4.01. The summed E-state index contributed by atoms with van der Waals surface area (Å²) in [5, 5.41) is 3.55. The summed E-state index contributed by atoms with van der Waals surface area (Å²) in [6.45, 7) is 15.9. The molecule has 0 amide bonds. The topological polar surface area (TPSA) is 21.3 Å². The van der Waals surface area contributed by atoms with Crippen LogP contribution in [0.3, 0.4) is 0 Å². The maximum atomic E-state index is 6.23. The summed E-state index contributed by atoms with van der Waals surface area (Å²) in [6.07, 6.45) is 2.32. The lowest BCUT2D eigenvalue weighted by Crippen LogP contribution is -2.50. The fraction of sp³-hybridized carbons (Fsp3) is 1.00. The van der Waals surface area contributed by atoms with Gasteiger partial charge in [0.05, 0.1) is 11.2 Å². The minimum Gasteiger partial charge on any atom is -0.369 e. The average Bonchev–Trinajstić information content (AvgIpc) is 2.35. The lowest BCUT2D eigenvalue weighted by atomic mass is 9.69. The van der Waals surface area contributed by atoms with Gasteiger partial charge in [0.2, 0.25) is 0 Å². The van der Waals surface area contributed by atoms with E-state index >= 15 is 0 Å². The van der Waals surface area contributed by atoms with E-state index in [0.29, 0.717) is 17.4 Å². The van der Waals surface area contributed by atoms with Gasteiger partial charge in [0.15, 0.2) is 0 Å². The first-order chi connectivity index (χ1) is 7.56. The molecule has 0 saturated carbocycles. The molecule has 2 unspecified atom stereocenters. The Morgan fingerprint density at radius 3 is 2.12 bits per heavy atom. The maximum Gasteiger partial charge on any atom is 0.0677 e. The Morgan fingerprint density at radius 2 is 1.82 bits per heavy atom. The van der Waals surface area contributed by atoms with Crippen LogP contribution >= 0.6 is 0 Å². The van der Waals surface area contributed by atoms with Crippen molar-refractivity contribution in [2.75, 3.05) is 7.05 Å². The van der Waals surface area contributed by atoms with E-state index in [2.05, 4.69) is 60.8 Å². The minimum absolute atomic E-state index is 0.00703. The average molecular weight is 241 g/mol. The SMILES string of the molecule is CCC(C)(C)C(NC)C1CC(C)(C)OC1(C)C. The van der Waals surface area contributed by atoms with Crippen LogP contribution in [0.2, 0.25) is 0 Å². The number of rotatable bonds is 4. The van der Waals surface area contributed by atoms with Crippen molar-refractivity contribution in [2.24, 2.45) is 11.3 Å². The van der Waals surface area contributed by atoms with E-state index in [4.69, 9.17) is 4.74 Å². The van der Waals surface area contributed by atoms with Gasteiger partial charge in [-0.1, -0.05) is 20.8 Å². The lowest BCUT2D eigenvalue weighted by Gasteiger charge is -2.42. The van der Waals surface area contributed by atoms with Crippen LogP contribution in [0.1, 0.15) is 61.3 Å². The van der Waals surface area contributed by atoms with E-state index in [0.717, 1.165) is 6.42 Å². The second kappa shape index (κ2) is 4.55. The third-order valence-corrected chi connectivity index (χ3v) is 4.61. The zero-order valence-electron chi connectivity index (χ0n) is 13.0. The van der Waals surface area contributed by atoms with Crippen molar-refractivity contribution in [1.29, 1.82) is 0 Å². The van der Waals surface area contributed by atoms with E-state index in [1.807, 2.05) is 0 Å². The lowest BCUT2D eigenvalue weighted by molar-refractivity contribution is -0.0819. The van der Waals surface area contributed by atoms with E-state index in [9.17, 15) is 0 Å². The van der Waals surface area contributed by atoms with Crippen molar-refractivity contribution in [3.63, 3.8) is 0 Å². The highest BCUT2D eigenvalue weighted by molar-refractivity contribution is 5.02. The van der Waals surface area contributed by atoms with Crippen molar-refractivity contribution in [3.8, 4) is 0 Å². The van der Waals surface area contributed by atoms with Crippen molar-refractivity contribution in [3.05, 3.63) is 0 Å². The Hall–Kier alpha value is -0.0800. The standard InChI is InChI=1S/C15H31NO/c1-9-13(2,3)12(16-8)11-10-14(4,5)17-15(11,6)7/h11-12,16H,9-10H2,1-8H3. The first-order valence-corrected chi connectivity index (χ1v) is 6.93. The smallest absolute Gasteiger partial charge is 0.0677 e. The number of hydrogen-bond acceptors (Lipinski definition) is 2. The molecule has 102 valence electrons. The maximum absolute atomic E-state index is 6.23. The molecule has 1 saturated heterocycles. The Morgan fingerprint density at radius 1 is 1.29 bits per heavy atom. The van der Waals surface area contributed by atoms with Crippen LogP contribution in [0.5, 0.6) is 0 Å². The van der Waals surface area contributed by atoms with Crippen LogP contribution in [-0.2, 0) is 4.74 Å². The van der Waals surface area contributed by atoms with Gasteiger partial charge in [0.1, 0.15) is 0 Å². The zero-order valence-corrected chi connectivity index (χ0v) is 13.0. The second-order valence-electron chi connectivity index (χ2n) is 7.38. The quantitative estimate of drug-likeness (QED) is 0.812. The van der Waals surface area contributed by atoms with Crippen molar-refractivity contribution in [2.45, 2.75) is 78.6 Å². The fourth-order valence-electron chi connectivity index (χ4n) is 3.48. The van der Waals surface area contributed by atoms with Crippen LogP contribution in [0.25, 0.3) is 0 Å². The molecule has 1 aliphatic rings. The molecule has 1 fully saturated rings. The van der Waals surface area contributed by atoms with Gasteiger partial charge in [-0.05, 0) is 53.0 Å². The Labute approximate surface area is 108 Å². The summed E-state index contributed by atoms with van der Waals surface area (Å²) in [5.74, 6) is 0.567. The highest BCUT2D eigenvalue weighted by Crippen LogP contribution is 2.47. The molecule has 0 aromatic rings. The number of hydrogen-bond donors (Lipinski definition) is 1. The molecule has 17 heavy (non-hydrogen) atoms. The van der Waals surface area contributed by atoms with Crippen LogP contribution in [0.15, 0.2) is 0 Å². The van der Waals surface area contributed by atoms with Gasteiger partial charge in [-0.15, -0.1) is 0 Å². The summed E-state index contributed by atoms with van der Waals surface area (Å²) >= 11 is 0. The molecule has 2 heteroatoms. The first-order valence-electron chi connectivity index (χ1n) is 6.93. The second-order valence-corrected chi connectivity index (χ2v) is 7.38. The molecule has 0 radical (unpaired) electrons. The van der Waals surface area contributed by atoms with E-state index in [1.54, 1.807) is 0 Å². The minimum atomic E-state index is -0.0381.